The minimum absolute atomic E-state index is 0.221. The second-order valence-corrected chi connectivity index (χ2v) is 15.9. The summed E-state index contributed by atoms with van der Waals surface area (Å²) in [6.45, 7) is 2.17. The van der Waals surface area contributed by atoms with E-state index in [9.17, 15) is 26.2 Å². The molecule has 2 N–H and O–H groups in total. The van der Waals surface area contributed by atoms with Crippen LogP contribution >= 0.6 is 34.7 Å². The maximum Gasteiger partial charge on any atom is 0.265 e. The molecule has 0 atom stereocenters. The fourth-order valence-electron chi connectivity index (χ4n) is 4.90. The molecule has 0 saturated heterocycles. The summed E-state index contributed by atoms with van der Waals surface area (Å²) in [5.74, 6) is -1.02. The SMILES string of the molecule is CCC(=Cc1sc2ccc3ccccc3c2[n+]1CCCS(=O)(=O)O)C=C1Sc2ccc(Cl)cc2N1CC(=O)NS(C)(=O)=O. The van der Waals surface area contributed by atoms with Crippen molar-refractivity contribution in [3.05, 3.63) is 81.3 Å². The Labute approximate surface area is 263 Å². The van der Waals surface area contributed by atoms with Crippen LogP contribution in [-0.4, -0.2) is 45.8 Å². The number of sulfonamides is 1. The average Bonchev–Trinajstić information content (AvgIpc) is 3.43. The Morgan fingerprint density at radius 2 is 1.88 bits per heavy atom. The van der Waals surface area contributed by atoms with Crippen LogP contribution in [0.5, 0.6) is 0 Å². The van der Waals surface area contributed by atoms with Crippen molar-refractivity contribution in [2.75, 3.05) is 23.5 Å². The largest absolute Gasteiger partial charge is 0.325 e. The Morgan fingerprint density at radius 1 is 1.12 bits per heavy atom. The lowest BCUT2D eigenvalue weighted by Crippen LogP contribution is -2.38. The molecule has 1 aliphatic rings. The molecule has 14 heteroatoms. The number of halogens is 1. The zero-order chi connectivity index (χ0) is 30.9. The number of carbonyl (C=O) groups is 1. The highest BCUT2D eigenvalue weighted by molar-refractivity contribution is 8.03. The number of carbonyl (C=O) groups excluding carboxylic acids is 1. The van der Waals surface area contributed by atoms with Crippen LogP contribution in [-0.2, 0) is 31.5 Å². The molecule has 4 aromatic rings. The molecule has 1 aromatic heterocycles. The molecule has 0 aliphatic carbocycles. The summed E-state index contributed by atoms with van der Waals surface area (Å²) in [5, 5.41) is 4.23. The van der Waals surface area contributed by atoms with E-state index in [0.29, 0.717) is 23.7 Å². The van der Waals surface area contributed by atoms with Crippen molar-refractivity contribution in [3.8, 4) is 0 Å². The van der Waals surface area contributed by atoms with E-state index in [1.54, 1.807) is 28.4 Å². The Hall–Kier alpha value is -2.94. The van der Waals surface area contributed by atoms with Gasteiger partial charge in [-0.25, -0.2) is 8.42 Å². The van der Waals surface area contributed by atoms with Crippen LogP contribution in [0.4, 0.5) is 5.69 Å². The Bertz CT molecular complexity index is 2020. The maximum absolute atomic E-state index is 12.6. The number of benzene rings is 3. The van der Waals surface area contributed by atoms with Crippen LogP contribution in [0.15, 0.2) is 76.2 Å². The van der Waals surface area contributed by atoms with Crippen molar-refractivity contribution in [2.45, 2.75) is 31.2 Å². The van der Waals surface area contributed by atoms with Gasteiger partial charge in [-0.05, 0) is 53.8 Å². The van der Waals surface area contributed by atoms with Gasteiger partial charge in [-0.1, -0.05) is 65.9 Å². The number of allylic oxidation sites excluding steroid dienone is 2. The number of fused-ring (bicyclic) bond motifs is 4. The van der Waals surface area contributed by atoms with E-state index in [2.05, 4.69) is 16.7 Å². The summed E-state index contributed by atoms with van der Waals surface area (Å²) in [6, 6.07) is 17.5. The van der Waals surface area contributed by atoms with Crippen molar-refractivity contribution < 1.29 is 30.7 Å². The predicted octanol–water partition coefficient (Wildman–Crippen LogP) is 5.60. The normalized spacial score (nSPS) is 15.0. The first-order valence-corrected chi connectivity index (χ1v) is 18.8. The van der Waals surface area contributed by atoms with Crippen molar-refractivity contribution >= 4 is 93.5 Å². The highest BCUT2D eigenvalue weighted by Crippen LogP contribution is 2.47. The minimum atomic E-state index is -4.11. The molecule has 0 saturated carbocycles. The molecular weight excluding hydrogens is 650 g/mol. The van der Waals surface area contributed by atoms with Gasteiger partial charge in [-0.15, -0.1) is 0 Å². The lowest BCUT2D eigenvalue weighted by Gasteiger charge is -2.20. The molecule has 9 nitrogen and oxygen atoms in total. The highest BCUT2D eigenvalue weighted by Gasteiger charge is 2.29. The van der Waals surface area contributed by atoms with E-state index in [1.807, 2.05) is 54.1 Å². The molecule has 43 heavy (non-hydrogen) atoms. The first-order chi connectivity index (χ1) is 20.3. The number of anilines is 1. The average molecular weight is 679 g/mol. The Balaban J connectivity index is 1.58. The van der Waals surface area contributed by atoms with Gasteiger partial charge in [-0.3, -0.25) is 14.1 Å². The number of hydrogen-bond donors (Lipinski definition) is 2. The van der Waals surface area contributed by atoms with Gasteiger partial charge < -0.3 is 4.90 Å². The third-order valence-electron chi connectivity index (χ3n) is 6.72. The summed E-state index contributed by atoms with van der Waals surface area (Å²) in [7, 11) is -7.84. The summed E-state index contributed by atoms with van der Waals surface area (Å²) in [5.41, 5.74) is 2.63. The van der Waals surface area contributed by atoms with Crippen LogP contribution in [0, 0.1) is 0 Å². The first kappa shape index (κ1) is 31.5. The third kappa shape index (κ3) is 7.59. The predicted molar refractivity (Wildman–Crippen MR) is 175 cm³/mol. The van der Waals surface area contributed by atoms with Gasteiger partial charge in [0.2, 0.25) is 15.5 Å². The smallest absolute Gasteiger partial charge is 0.265 e. The second-order valence-electron chi connectivity index (χ2n) is 10.0. The molecule has 1 amide bonds. The van der Waals surface area contributed by atoms with Crippen LogP contribution in [0.1, 0.15) is 24.8 Å². The monoisotopic (exact) mass is 678 g/mol. The van der Waals surface area contributed by atoms with E-state index < -0.39 is 26.0 Å². The summed E-state index contributed by atoms with van der Waals surface area (Å²) in [6.07, 6.45) is 5.83. The minimum Gasteiger partial charge on any atom is -0.325 e. The number of nitrogens with zero attached hydrogens (tertiary/aromatic N) is 2. The number of amides is 1. The quantitative estimate of drug-likeness (QED) is 0.164. The van der Waals surface area contributed by atoms with Gasteiger partial charge in [0, 0.05) is 22.4 Å². The summed E-state index contributed by atoms with van der Waals surface area (Å²) in [4.78, 5) is 15.3. The maximum atomic E-state index is 12.6. The van der Waals surface area contributed by atoms with Crippen molar-refractivity contribution in [1.82, 2.24) is 4.72 Å². The molecule has 5 rings (SSSR count). The summed E-state index contributed by atoms with van der Waals surface area (Å²) >= 11 is 9.31. The fourth-order valence-corrected chi connectivity index (χ4v) is 8.34. The molecule has 3 aromatic carbocycles. The van der Waals surface area contributed by atoms with Crippen LogP contribution in [0.3, 0.4) is 0 Å². The molecule has 0 fully saturated rings. The van der Waals surface area contributed by atoms with E-state index in [1.165, 1.54) is 11.8 Å². The number of nitrogens with one attached hydrogen (secondary N) is 1. The molecule has 0 unspecified atom stereocenters. The van der Waals surface area contributed by atoms with Crippen LogP contribution in [0.25, 0.3) is 27.1 Å². The molecule has 226 valence electrons. The fraction of sp³-hybridized carbons (Fsp3) is 0.241. The van der Waals surface area contributed by atoms with Crippen molar-refractivity contribution in [1.29, 1.82) is 0 Å². The number of hydrogen-bond acceptors (Lipinski definition) is 8. The van der Waals surface area contributed by atoms with E-state index >= 15 is 0 Å². The second kappa shape index (κ2) is 12.6. The topological polar surface area (TPSA) is 125 Å². The van der Waals surface area contributed by atoms with Crippen molar-refractivity contribution in [2.24, 2.45) is 0 Å². The Morgan fingerprint density at radius 3 is 2.60 bits per heavy atom. The van der Waals surface area contributed by atoms with Gasteiger partial charge in [0.05, 0.1) is 28.1 Å². The number of rotatable bonds is 10. The van der Waals surface area contributed by atoms with Crippen molar-refractivity contribution in [3.63, 3.8) is 0 Å². The number of thiazole rings is 1. The zero-order valence-corrected chi connectivity index (χ0v) is 27.3. The van der Waals surface area contributed by atoms with E-state index in [-0.39, 0.29) is 18.7 Å². The lowest BCUT2D eigenvalue weighted by molar-refractivity contribution is -0.667. The third-order valence-corrected chi connectivity index (χ3v) is 10.6. The van der Waals surface area contributed by atoms with E-state index in [0.717, 1.165) is 47.8 Å². The molecule has 2 heterocycles. The van der Waals surface area contributed by atoms with Gasteiger partial charge in [-0.2, -0.15) is 13.0 Å². The van der Waals surface area contributed by atoms with Gasteiger partial charge in [0.1, 0.15) is 11.2 Å². The molecule has 0 radical (unpaired) electrons. The standard InChI is InChI=1S/C29H28ClN3O6S4/c1-3-19(16-28-33(18-26(34)31-42(2,35)36)23-17-21(30)10-12-24(23)40-28)15-27-32(13-6-14-43(37,38)39)29-22-8-5-4-7-20(22)9-11-25(29)41-27/h4-5,7-12,15-17H,3,6,13-14,18H2,1-2H3,(H-,31,34,37,38,39)/p+1. The molecule has 0 bridgehead atoms. The number of thioether (sulfide) groups is 1. The van der Waals surface area contributed by atoms with Gasteiger partial charge in [0.25, 0.3) is 21.0 Å². The molecule has 0 spiro atoms. The highest BCUT2D eigenvalue weighted by atomic mass is 35.5. The first-order valence-electron chi connectivity index (χ1n) is 13.3. The number of aryl methyl sites for hydroxylation is 1. The van der Waals surface area contributed by atoms with Gasteiger partial charge >= 0.3 is 0 Å². The molecular formula is C29H29ClN3O6S4+. The van der Waals surface area contributed by atoms with Crippen LogP contribution in [0.2, 0.25) is 5.02 Å². The van der Waals surface area contributed by atoms with Crippen LogP contribution < -0.4 is 14.2 Å². The zero-order valence-electron chi connectivity index (χ0n) is 23.3. The number of aromatic nitrogens is 1. The Kier molecular flexibility index (Phi) is 9.21. The van der Waals surface area contributed by atoms with Gasteiger partial charge in [0.15, 0.2) is 6.54 Å². The lowest BCUT2D eigenvalue weighted by atomic mass is 10.1. The summed E-state index contributed by atoms with van der Waals surface area (Å²) < 4.78 is 60.9. The molecule has 1 aliphatic heterocycles. The van der Waals surface area contributed by atoms with E-state index in [4.69, 9.17) is 11.6 Å².